The summed E-state index contributed by atoms with van der Waals surface area (Å²) in [6.07, 6.45) is -4.52. The van der Waals surface area contributed by atoms with Crippen LogP contribution < -0.4 is 15.4 Å². The number of nitrogens with zero attached hydrogens (tertiary/aromatic N) is 3. The predicted octanol–water partition coefficient (Wildman–Crippen LogP) is 4.63. The summed E-state index contributed by atoms with van der Waals surface area (Å²) in [5.41, 5.74) is -0.183. The van der Waals surface area contributed by atoms with Crippen LogP contribution in [0.1, 0.15) is 25.2 Å². The van der Waals surface area contributed by atoms with Gasteiger partial charge in [-0.1, -0.05) is 17.8 Å². The molecule has 186 valence electrons. The first-order valence-corrected chi connectivity index (χ1v) is 11.7. The Bertz CT molecular complexity index is 1170. The second-order valence-corrected chi connectivity index (χ2v) is 8.18. The highest BCUT2D eigenvalue weighted by Gasteiger charge is 2.30. The van der Waals surface area contributed by atoms with Crippen LogP contribution in [0.3, 0.4) is 0 Å². The van der Waals surface area contributed by atoms with E-state index in [1.54, 1.807) is 28.8 Å². The number of hydrogen-bond acceptors (Lipinski definition) is 6. The third kappa shape index (κ3) is 7.47. The number of alkyl halides is 3. The summed E-state index contributed by atoms with van der Waals surface area (Å²) < 4.78 is 45.6. The number of anilines is 2. The van der Waals surface area contributed by atoms with E-state index in [4.69, 9.17) is 4.74 Å². The maximum atomic E-state index is 12.8. The van der Waals surface area contributed by atoms with E-state index in [1.807, 2.05) is 13.8 Å². The van der Waals surface area contributed by atoms with E-state index in [2.05, 4.69) is 20.8 Å². The van der Waals surface area contributed by atoms with Crippen LogP contribution in [-0.4, -0.2) is 38.9 Å². The Kier molecular flexibility index (Phi) is 8.74. The van der Waals surface area contributed by atoms with Gasteiger partial charge in [0.05, 0.1) is 24.3 Å². The Morgan fingerprint density at radius 2 is 1.71 bits per heavy atom. The maximum absolute atomic E-state index is 12.8. The number of halogens is 3. The standard InChI is InChI=1S/C23H24F3N5O3S/c1-3-31-19(13-20(32)27-16-8-10-18(11-9-16)34-4-2)29-30-22(31)35-14-21(33)28-17-7-5-6-15(12-17)23(24,25)26/h5-12H,3-4,13-14H2,1-2H3,(H,27,32)(H,28,33). The molecule has 12 heteroatoms. The number of nitrogens with one attached hydrogen (secondary N) is 2. The molecule has 1 heterocycles. The molecule has 2 amide bonds. The molecule has 0 aliphatic carbocycles. The van der Waals surface area contributed by atoms with Crippen LogP contribution >= 0.6 is 11.8 Å². The topological polar surface area (TPSA) is 98.1 Å². The number of amides is 2. The van der Waals surface area contributed by atoms with E-state index in [9.17, 15) is 22.8 Å². The largest absolute Gasteiger partial charge is 0.494 e. The molecule has 3 rings (SSSR count). The lowest BCUT2D eigenvalue weighted by atomic mass is 10.2. The molecule has 0 spiro atoms. The molecule has 0 saturated heterocycles. The molecular weight excluding hydrogens is 483 g/mol. The van der Waals surface area contributed by atoms with Gasteiger partial charge in [-0.2, -0.15) is 13.2 Å². The first-order chi connectivity index (χ1) is 16.7. The van der Waals surface area contributed by atoms with E-state index < -0.39 is 17.6 Å². The van der Waals surface area contributed by atoms with Crippen LogP contribution in [0.15, 0.2) is 53.7 Å². The molecular formula is C23H24F3N5O3S. The van der Waals surface area contributed by atoms with E-state index in [1.165, 1.54) is 12.1 Å². The van der Waals surface area contributed by atoms with Crippen LogP contribution in [-0.2, 0) is 28.7 Å². The van der Waals surface area contributed by atoms with Crippen molar-refractivity contribution >= 4 is 35.0 Å². The predicted molar refractivity (Wildman–Crippen MR) is 126 cm³/mol. The van der Waals surface area contributed by atoms with E-state index in [0.29, 0.717) is 35.6 Å². The maximum Gasteiger partial charge on any atom is 0.416 e. The lowest BCUT2D eigenvalue weighted by Gasteiger charge is -2.10. The highest BCUT2D eigenvalue weighted by Crippen LogP contribution is 2.30. The van der Waals surface area contributed by atoms with Crippen molar-refractivity contribution in [3.8, 4) is 5.75 Å². The zero-order valence-corrected chi connectivity index (χ0v) is 19.9. The molecule has 8 nitrogen and oxygen atoms in total. The number of hydrogen-bond donors (Lipinski definition) is 2. The van der Waals surface area contributed by atoms with Gasteiger partial charge in [0.1, 0.15) is 11.6 Å². The Balaban J connectivity index is 1.56. The van der Waals surface area contributed by atoms with Crippen molar-refractivity contribution < 1.29 is 27.5 Å². The van der Waals surface area contributed by atoms with Gasteiger partial charge in [0.15, 0.2) is 5.16 Å². The zero-order valence-electron chi connectivity index (χ0n) is 19.1. The van der Waals surface area contributed by atoms with E-state index >= 15 is 0 Å². The molecule has 0 fully saturated rings. The van der Waals surface area contributed by atoms with E-state index in [0.717, 1.165) is 23.9 Å². The van der Waals surface area contributed by atoms with Gasteiger partial charge in [-0.15, -0.1) is 10.2 Å². The van der Waals surface area contributed by atoms with Gasteiger partial charge in [0, 0.05) is 17.9 Å². The first-order valence-electron chi connectivity index (χ1n) is 10.7. The van der Waals surface area contributed by atoms with Gasteiger partial charge in [-0.05, 0) is 56.3 Å². The minimum atomic E-state index is -4.50. The molecule has 35 heavy (non-hydrogen) atoms. The molecule has 0 bridgehead atoms. The number of aromatic nitrogens is 3. The van der Waals surface area contributed by atoms with Crippen molar-refractivity contribution in [2.45, 2.75) is 38.1 Å². The summed E-state index contributed by atoms with van der Waals surface area (Å²) in [6.45, 7) is 4.75. The van der Waals surface area contributed by atoms with Crippen molar-refractivity contribution in [2.75, 3.05) is 23.0 Å². The van der Waals surface area contributed by atoms with Crippen molar-refractivity contribution in [1.29, 1.82) is 0 Å². The monoisotopic (exact) mass is 507 g/mol. The summed E-state index contributed by atoms with van der Waals surface area (Å²) in [4.78, 5) is 24.7. The summed E-state index contributed by atoms with van der Waals surface area (Å²) in [5.74, 6) is 0.267. The van der Waals surface area contributed by atoms with Gasteiger partial charge in [-0.25, -0.2) is 0 Å². The minimum absolute atomic E-state index is 0.0228. The lowest BCUT2D eigenvalue weighted by Crippen LogP contribution is -2.18. The summed E-state index contributed by atoms with van der Waals surface area (Å²) in [6, 6.07) is 11.4. The number of carbonyl (C=O) groups excluding carboxylic acids is 2. The molecule has 0 radical (unpaired) electrons. The van der Waals surface area contributed by atoms with Gasteiger partial charge in [0.25, 0.3) is 0 Å². The SMILES string of the molecule is CCOc1ccc(NC(=O)Cc2nnc(SCC(=O)Nc3cccc(C(F)(F)F)c3)n2CC)cc1. The minimum Gasteiger partial charge on any atom is -0.494 e. The quantitative estimate of drug-likeness (QED) is 0.389. The van der Waals surface area contributed by atoms with Crippen LogP contribution in [0, 0.1) is 0 Å². The van der Waals surface area contributed by atoms with Crippen molar-refractivity contribution in [3.05, 3.63) is 59.9 Å². The summed E-state index contributed by atoms with van der Waals surface area (Å²) >= 11 is 1.08. The van der Waals surface area contributed by atoms with Crippen LogP contribution in [0.25, 0.3) is 0 Å². The highest BCUT2D eigenvalue weighted by atomic mass is 32.2. The number of benzene rings is 2. The molecule has 0 unspecified atom stereocenters. The van der Waals surface area contributed by atoms with Crippen LogP contribution in [0.4, 0.5) is 24.5 Å². The molecule has 0 atom stereocenters. The molecule has 0 aliphatic heterocycles. The Labute approximate surface area is 204 Å². The Morgan fingerprint density at radius 3 is 2.37 bits per heavy atom. The smallest absolute Gasteiger partial charge is 0.416 e. The van der Waals surface area contributed by atoms with Gasteiger partial charge >= 0.3 is 6.18 Å². The fraction of sp³-hybridized carbons (Fsp3) is 0.304. The molecule has 2 N–H and O–H groups in total. The Hall–Kier alpha value is -3.54. The van der Waals surface area contributed by atoms with Crippen molar-refractivity contribution in [1.82, 2.24) is 14.8 Å². The van der Waals surface area contributed by atoms with Crippen LogP contribution in [0.5, 0.6) is 5.75 Å². The highest BCUT2D eigenvalue weighted by molar-refractivity contribution is 7.99. The fourth-order valence-corrected chi connectivity index (χ4v) is 3.95. The average Bonchev–Trinajstić information content (AvgIpc) is 3.20. The average molecular weight is 508 g/mol. The zero-order chi connectivity index (χ0) is 25.4. The molecule has 3 aromatic rings. The summed E-state index contributed by atoms with van der Waals surface area (Å²) in [7, 11) is 0. The molecule has 1 aromatic heterocycles. The number of ether oxygens (including phenoxy) is 1. The molecule has 0 saturated carbocycles. The number of rotatable bonds is 10. The third-order valence-electron chi connectivity index (χ3n) is 4.68. The van der Waals surface area contributed by atoms with Gasteiger partial charge in [0.2, 0.25) is 11.8 Å². The summed E-state index contributed by atoms with van der Waals surface area (Å²) in [5, 5.41) is 13.8. The molecule has 2 aromatic carbocycles. The van der Waals surface area contributed by atoms with Crippen molar-refractivity contribution in [2.24, 2.45) is 0 Å². The lowest BCUT2D eigenvalue weighted by molar-refractivity contribution is -0.137. The Morgan fingerprint density at radius 1 is 1.00 bits per heavy atom. The number of carbonyl (C=O) groups is 2. The first kappa shape index (κ1) is 26.1. The molecule has 0 aliphatic rings. The van der Waals surface area contributed by atoms with Gasteiger partial charge < -0.3 is 19.9 Å². The number of thioether (sulfide) groups is 1. The fourth-order valence-electron chi connectivity index (χ4n) is 3.12. The second kappa shape index (κ2) is 11.7. The normalized spacial score (nSPS) is 11.2. The van der Waals surface area contributed by atoms with Crippen LogP contribution in [0.2, 0.25) is 0 Å². The van der Waals surface area contributed by atoms with E-state index in [-0.39, 0.29) is 23.8 Å². The van der Waals surface area contributed by atoms with Gasteiger partial charge in [-0.3, -0.25) is 9.59 Å². The second-order valence-electron chi connectivity index (χ2n) is 7.24. The third-order valence-corrected chi connectivity index (χ3v) is 5.65. The van der Waals surface area contributed by atoms with Crippen molar-refractivity contribution in [3.63, 3.8) is 0 Å².